The first-order chi connectivity index (χ1) is 12.7. The number of rotatable bonds is 6. The molecule has 2 heterocycles. The minimum atomic E-state index is -0.141. The summed E-state index contributed by atoms with van der Waals surface area (Å²) in [5.41, 5.74) is 0.538. The standard InChI is InChI=1S/C17H17N5O2S2/c1-2-14(23)22(10-7-8-10)16-20-21-17(26-16)25-9-13-18-12-6-4-3-5-11(12)15(24)19-13/h3-6,10H,2,7-9H2,1H3,(H,18,19,24). The van der Waals surface area contributed by atoms with Crippen LogP contribution in [0.4, 0.5) is 5.13 Å². The Balaban J connectivity index is 1.50. The molecule has 0 saturated heterocycles. The van der Waals surface area contributed by atoms with E-state index in [-0.39, 0.29) is 17.5 Å². The van der Waals surface area contributed by atoms with E-state index in [0.717, 1.165) is 17.2 Å². The number of H-pyrrole nitrogens is 1. The first-order valence-electron chi connectivity index (χ1n) is 8.42. The molecule has 0 aliphatic heterocycles. The molecule has 1 aliphatic carbocycles. The predicted molar refractivity (Wildman–Crippen MR) is 103 cm³/mol. The number of nitrogens with zero attached hydrogens (tertiary/aromatic N) is 4. The largest absolute Gasteiger partial charge is 0.309 e. The Morgan fingerprint density at radius 3 is 2.92 bits per heavy atom. The molecular formula is C17H17N5O2S2. The van der Waals surface area contributed by atoms with E-state index in [1.807, 2.05) is 25.1 Å². The second-order valence-electron chi connectivity index (χ2n) is 6.02. The lowest BCUT2D eigenvalue weighted by Crippen LogP contribution is -2.32. The van der Waals surface area contributed by atoms with Crippen LogP contribution >= 0.6 is 23.1 Å². The van der Waals surface area contributed by atoms with Gasteiger partial charge in [-0.25, -0.2) is 4.98 Å². The number of benzene rings is 1. The van der Waals surface area contributed by atoms with Crippen molar-refractivity contribution in [3.05, 3.63) is 40.4 Å². The van der Waals surface area contributed by atoms with E-state index in [2.05, 4.69) is 20.2 Å². The van der Waals surface area contributed by atoms with Gasteiger partial charge in [-0.15, -0.1) is 10.2 Å². The molecule has 0 radical (unpaired) electrons. The van der Waals surface area contributed by atoms with E-state index in [0.29, 0.717) is 34.0 Å². The van der Waals surface area contributed by atoms with E-state index >= 15 is 0 Å². The summed E-state index contributed by atoms with van der Waals surface area (Å²) in [6.07, 6.45) is 2.51. The van der Waals surface area contributed by atoms with Crippen molar-refractivity contribution >= 4 is 45.0 Å². The van der Waals surface area contributed by atoms with Crippen LogP contribution in [0.1, 0.15) is 32.0 Å². The third-order valence-electron chi connectivity index (χ3n) is 4.08. The highest BCUT2D eigenvalue weighted by Gasteiger charge is 2.35. The molecule has 9 heteroatoms. The Labute approximate surface area is 157 Å². The molecule has 4 rings (SSSR count). The van der Waals surface area contributed by atoms with Gasteiger partial charge in [-0.1, -0.05) is 42.2 Å². The van der Waals surface area contributed by atoms with Crippen molar-refractivity contribution < 1.29 is 4.79 Å². The van der Waals surface area contributed by atoms with Gasteiger partial charge in [-0.2, -0.15) is 0 Å². The zero-order valence-corrected chi connectivity index (χ0v) is 15.8. The van der Waals surface area contributed by atoms with Gasteiger partial charge >= 0.3 is 0 Å². The van der Waals surface area contributed by atoms with Gasteiger partial charge < -0.3 is 4.98 Å². The van der Waals surface area contributed by atoms with Gasteiger partial charge in [0.05, 0.1) is 16.7 Å². The summed E-state index contributed by atoms with van der Waals surface area (Å²) >= 11 is 2.86. The molecule has 0 unspecified atom stereocenters. The number of aromatic nitrogens is 4. The Hall–Kier alpha value is -2.26. The minimum Gasteiger partial charge on any atom is -0.309 e. The van der Waals surface area contributed by atoms with Crippen LogP contribution in [0.2, 0.25) is 0 Å². The SMILES string of the molecule is CCC(=O)N(c1nnc(SCc2nc3ccccc3c(=O)[nH]2)s1)C1CC1. The summed E-state index contributed by atoms with van der Waals surface area (Å²) in [4.78, 5) is 33.3. The molecule has 0 atom stereocenters. The molecule has 1 fully saturated rings. The number of anilines is 1. The van der Waals surface area contributed by atoms with Gasteiger partial charge in [-0.05, 0) is 25.0 Å². The normalized spacial score (nSPS) is 13.9. The van der Waals surface area contributed by atoms with Crippen molar-refractivity contribution in [2.24, 2.45) is 0 Å². The number of aromatic amines is 1. The second kappa shape index (κ2) is 7.16. The second-order valence-corrected chi connectivity index (χ2v) is 8.20. The van der Waals surface area contributed by atoms with E-state index in [1.54, 1.807) is 11.0 Å². The van der Waals surface area contributed by atoms with Gasteiger partial charge in [0.1, 0.15) is 5.82 Å². The molecule has 7 nitrogen and oxygen atoms in total. The first-order valence-corrected chi connectivity index (χ1v) is 10.2. The number of thioether (sulfide) groups is 1. The lowest BCUT2D eigenvalue weighted by Gasteiger charge is -2.17. The zero-order chi connectivity index (χ0) is 18.1. The highest BCUT2D eigenvalue weighted by Crippen LogP contribution is 2.36. The molecule has 1 aliphatic rings. The highest BCUT2D eigenvalue weighted by atomic mass is 32.2. The van der Waals surface area contributed by atoms with Crippen molar-refractivity contribution in [2.45, 2.75) is 42.3 Å². The third kappa shape index (κ3) is 3.49. The molecule has 1 aromatic carbocycles. The minimum absolute atomic E-state index is 0.0840. The van der Waals surface area contributed by atoms with Crippen molar-refractivity contribution in [3.63, 3.8) is 0 Å². The maximum atomic E-state index is 12.2. The lowest BCUT2D eigenvalue weighted by molar-refractivity contribution is -0.118. The summed E-state index contributed by atoms with van der Waals surface area (Å²) < 4.78 is 0.755. The van der Waals surface area contributed by atoms with Crippen LogP contribution in [0.25, 0.3) is 10.9 Å². The molecule has 1 saturated carbocycles. The Bertz CT molecular complexity index is 1010. The number of nitrogens with one attached hydrogen (secondary N) is 1. The first kappa shape index (κ1) is 17.2. The monoisotopic (exact) mass is 387 g/mol. The third-order valence-corrected chi connectivity index (χ3v) is 6.15. The van der Waals surface area contributed by atoms with E-state index < -0.39 is 0 Å². The van der Waals surface area contributed by atoms with Crippen LogP contribution in [0.5, 0.6) is 0 Å². The van der Waals surface area contributed by atoms with Crippen LogP contribution in [-0.4, -0.2) is 32.1 Å². The molecule has 0 bridgehead atoms. The average Bonchev–Trinajstić information content (AvgIpc) is 3.37. The van der Waals surface area contributed by atoms with Crippen molar-refractivity contribution in [1.82, 2.24) is 20.2 Å². The van der Waals surface area contributed by atoms with E-state index in [1.165, 1.54) is 23.1 Å². The molecule has 0 spiro atoms. The number of hydrogen-bond acceptors (Lipinski definition) is 7. The fourth-order valence-electron chi connectivity index (χ4n) is 2.66. The van der Waals surface area contributed by atoms with Crippen molar-refractivity contribution in [3.8, 4) is 0 Å². The molecule has 3 aromatic rings. The van der Waals surface area contributed by atoms with Crippen LogP contribution in [0.15, 0.2) is 33.4 Å². The molecule has 2 aromatic heterocycles. The quantitative estimate of drug-likeness (QED) is 0.516. The molecule has 1 amide bonds. The Morgan fingerprint density at radius 1 is 1.35 bits per heavy atom. The molecule has 1 N–H and O–H groups in total. The van der Waals surface area contributed by atoms with Gasteiger partial charge in [0.2, 0.25) is 11.0 Å². The molecular weight excluding hydrogens is 370 g/mol. The Kier molecular flexibility index (Phi) is 4.73. The van der Waals surface area contributed by atoms with Gasteiger partial charge in [0.25, 0.3) is 5.56 Å². The van der Waals surface area contributed by atoms with Gasteiger partial charge in [0.15, 0.2) is 4.34 Å². The fourth-order valence-corrected chi connectivity index (χ4v) is 4.46. The Morgan fingerprint density at radius 2 is 2.15 bits per heavy atom. The summed E-state index contributed by atoms with van der Waals surface area (Å²) in [6.45, 7) is 1.86. The fraction of sp³-hybridized carbons (Fsp3) is 0.353. The average molecular weight is 387 g/mol. The zero-order valence-electron chi connectivity index (χ0n) is 14.1. The maximum Gasteiger partial charge on any atom is 0.258 e. The van der Waals surface area contributed by atoms with Crippen LogP contribution in [0.3, 0.4) is 0 Å². The van der Waals surface area contributed by atoms with Gasteiger partial charge in [-0.3, -0.25) is 14.5 Å². The molecule has 26 heavy (non-hydrogen) atoms. The smallest absolute Gasteiger partial charge is 0.258 e. The summed E-state index contributed by atoms with van der Waals surface area (Å²) in [7, 11) is 0. The van der Waals surface area contributed by atoms with Crippen LogP contribution in [0, 0.1) is 0 Å². The number of amides is 1. The maximum absolute atomic E-state index is 12.2. The van der Waals surface area contributed by atoms with Crippen molar-refractivity contribution in [1.29, 1.82) is 0 Å². The number of carbonyl (C=O) groups is 1. The van der Waals surface area contributed by atoms with Crippen molar-refractivity contribution in [2.75, 3.05) is 4.90 Å². The van der Waals surface area contributed by atoms with E-state index in [9.17, 15) is 9.59 Å². The molecule has 134 valence electrons. The summed E-state index contributed by atoms with van der Waals surface area (Å²) in [5, 5.41) is 9.60. The highest BCUT2D eigenvalue weighted by molar-refractivity contribution is 8.00. The predicted octanol–water partition coefficient (Wildman–Crippen LogP) is 2.97. The summed E-state index contributed by atoms with van der Waals surface area (Å²) in [6, 6.07) is 7.53. The summed E-state index contributed by atoms with van der Waals surface area (Å²) in [5.74, 6) is 1.17. The van der Waals surface area contributed by atoms with Crippen LogP contribution < -0.4 is 10.5 Å². The lowest BCUT2D eigenvalue weighted by atomic mass is 10.2. The van der Waals surface area contributed by atoms with Gasteiger partial charge in [0, 0.05) is 12.5 Å². The number of carbonyl (C=O) groups excluding carboxylic acids is 1. The number of hydrogen-bond donors (Lipinski definition) is 1. The van der Waals surface area contributed by atoms with Crippen LogP contribution in [-0.2, 0) is 10.5 Å². The number of fused-ring (bicyclic) bond motifs is 1. The van der Waals surface area contributed by atoms with E-state index in [4.69, 9.17) is 0 Å². The number of para-hydroxylation sites is 1. The topological polar surface area (TPSA) is 91.8 Å².